The van der Waals surface area contributed by atoms with Gasteiger partial charge in [-0.3, -0.25) is 4.98 Å². The average molecular weight is 198 g/mol. The summed E-state index contributed by atoms with van der Waals surface area (Å²) in [5.41, 5.74) is 1.09. The predicted molar refractivity (Wildman–Crippen MR) is 57.0 cm³/mol. The lowest BCUT2D eigenvalue weighted by Gasteiger charge is -2.15. The molecule has 0 aliphatic rings. The maximum Gasteiger partial charge on any atom is 0.0418 e. The van der Waals surface area contributed by atoms with Crippen LogP contribution in [0.5, 0.6) is 0 Å². The third kappa shape index (κ3) is 3.35. The van der Waals surface area contributed by atoms with Crippen LogP contribution in [0.15, 0.2) is 24.4 Å². The Morgan fingerprint density at radius 3 is 2.77 bits per heavy atom. The molecule has 0 aromatic carbocycles. The quantitative estimate of drug-likeness (QED) is 0.676. The molecule has 0 bridgehead atoms. The summed E-state index contributed by atoms with van der Waals surface area (Å²) in [6.45, 7) is 4.35. The molecule has 1 heterocycles. The fourth-order valence-corrected chi connectivity index (χ4v) is 1.51. The SMILES string of the molecule is CCC(C)C(Cl)Cc1ccccn1. The molecule has 0 N–H and O–H groups in total. The first-order valence-electron chi connectivity index (χ1n) is 4.78. The van der Waals surface area contributed by atoms with E-state index in [0.717, 1.165) is 18.5 Å². The van der Waals surface area contributed by atoms with E-state index in [9.17, 15) is 0 Å². The molecule has 0 radical (unpaired) electrons. The van der Waals surface area contributed by atoms with Crippen molar-refractivity contribution in [3.05, 3.63) is 30.1 Å². The van der Waals surface area contributed by atoms with Gasteiger partial charge < -0.3 is 0 Å². The van der Waals surface area contributed by atoms with Gasteiger partial charge in [0.05, 0.1) is 0 Å². The van der Waals surface area contributed by atoms with Crippen LogP contribution in [0.2, 0.25) is 0 Å². The van der Waals surface area contributed by atoms with Crippen molar-refractivity contribution in [2.24, 2.45) is 5.92 Å². The van der Waals surface area contributed by atoms with Crippen LogP contribution < -0.4 is 0 Å². The van der Waals surface area contributed by atoms with Gasteiger partial charge in [0.25, 0.3) is 0 Å². The normalized spacial score (nSPS) is 15.3. The van der Waals surface area contributed by atoms with Gasteiger partial charge in [-0.05, 0) is 18.1 Å². The molecule has 2 atom stereocenters. The molecule has 1 aromatic heterocycles. The summed E-state index contributed by atoms with van der Waals surface area (Å²) in [5.74, 6) is 0.559. The molecule has 2 unspecified atom stereocenters. The van der Waals surface area contributed by atoms with Crippen LogP contribution in [-0.2, 0) is 6.42 Å². The molecule has 1 aromatic rings. The fourth-order valence-electron chi connectivity index (χ4n) is 1.18. The molecule has 0 amide bonds. The third-order valence-electron chi connectivity index (χ3n) is 2.39. The van der Waals surface area contributed by atoms with E-state index in [1.807, 2.05) is 24.4 Å². The zero-order chi connectivity index (χ0) is 9.68. The summed E-state index contributed by atoms with van der Waals surface area (Å²) < 4.78 is 0. The van der Waals surface area contributed by atoms with Crippen LogP contribution in [-0.4, -0.2) is 10.4 Å². The maximum absolute atomic E-state index is 6.23. The third-order valence-corrected chi connectivity index (χ3v) is 2.98. The molecule has 2 heteroatoms. The van der Waals surface area contributed by atoms with Crippen molar-refractivity contribution in [2.75, 3.05) is 0 Å². The van der Waals surface area contributed by atoms with Crippen molar-refractivity contribution in [1.29, 1.82) is 0 Å². The average Bonchev–Trinajstić information content (AvgIpc) is 2.18. The lowest BCUT2D eigenvalue weighted by Crippen LogP contribution is -2.14. The van der Waals surface area contributed by atoms with E-state index >= 15 is 0 Å². The number of rotatable bonds is 4. The first-order valence-corrected chi connectivity index (χ1v) is 5.21. The minimum Gasteiger partial charge on any atom is -0.261 e. The van der Waals surface area contributed by atoms with Crippen molar-refractivity contribution < 1.29 is 0 Å². The van der Waals surface area contributed by atoms with E-state index < -0.39 is 0 Å². The van der Waals surface area contributed by atoms with Gasteiger partial charge in [-0.1, -0.05) is 26.3 Å². The van der Waals surface area contributed by atoms with Gasteiger partial charge in [0.1, 0.15) is 0 Å². The second-order valence-corrected chi connectivity index (χ2v) is 3.99. The first kappa shape index (κ1) is 10.5. The standard InChI is InChI=1S/C11H16ClN/c1-3-9(2)11(12)8-10-6-4-5-7-13-10/h4-7,9,11H,3,8H2,1-2H3. The Hall–Kier alpha value is -0.560. The van der Waals surface area contributed by atoms with E-state index in [0.29, 0.717) is 5.92 Å². The molecule has 72 valence electrons. The molecule has 0 saturated carbocycles. The predicted octanol–water partition coefficient (Wildman–Crippen LogP) is 3.28. The van der Waals surface area contributed by atoms with Crippen LogP contribution in [0.25, 0.3) is 0 Å². The van der Waals surface area contributed by atoms with Gasteiger partial charge in [-0.25, -0.2) is 0 Å². The molecule has 0 fully saturated rings. The van der Waals surface area contributed by atoms with E-state index in [2.05, 4.69) is 18.8 Å². The van der Waals surface area contributed by atoms with E-state index in [1.165, 1.54) is 0 Å². The molecular weight excluding hydrogens is 182 g/mol. The Morgan fingerprint density at radius 1 is 1.46 bits per heavy atom. The van der Waals surface area contributed by atoms with Crippen LogP contribution in [0.3, 0.4) is 0 Å². The van der Waals surface area contributed by atoms with Gasteiger partial charge >= 0.3 is 0 Å². The van der Waals surface area contributed by atoms with Gasteiger partial charge in [0.2, 0.25) is 0 Å². The fraction of sp³-hybridized carbons (Fsp3) is 0.545. The summed E-state index contributed by atoms with van der Waals surface area (Å²) >= 11 is 6.23. The highest BCUT2D eigenvalue weighted by molar-refractivity contribution is 6.20. The number of hydrogen-bond acceptors (Lipinski definition) is 1. The molecule has 0 aliphatic carbocycles. The van der Waals surface area contributed by atoms with Crippen LogP contribution in [0.4, 0.5) is 0 Å². The van der Waals surface area contributed by atoms with Crippen molar-refractivity contribution in [3.63, 3.8) is 0 Å². The zero-order valence-corrected chi connectivity index (χ0v) is 8.96. The minimum atomic E-state index is 0.208. The maximum atomic E-state index is 6.23. The molecule has 13 heavy (non-hydrogen) atoms. The second-order valence-electron chi connectivity index (χ2n) is 3.43. The number of alkyl halides is 1. The highest BCUT2D eigenvalue weighted by Crippen LogP contribution is 2.17. The molecule has 1 nitrogen and oxygen atoms in total. The van der Waals surface area contributed by atoms with Crippen LogP contribution in [0.1, 0.15) is 26.0 Å². The number of nitrogens with zero attached hydrogens (tertiary/aromatic N) is 1. The van der Waals surface area contributed by atoms with E-state index in [-0.39, 0.29) is 5.38 Å². The van der Waals surface area contributed by atoms with Crippen molar-refractivity contribution in [2.45, 2.75) is 32.1 Å². The van der Waals surface area contributed by atoms with Gasteiger partial charge in [-0.2, -0.15) is 0 Å². The van der Waals surface area contributed by atoms with Gasteiger partial charge in [0, 0.05) is 23.7 Å². The smallest absolute Gasteiger partial charge is 0.0418 e. The molecular formula is C11H16ClN. The number of aromatic nitrogens is 1. The van der Waals surface area contributed by atoms with Crippen molar-refractivity contribution in [1.82, 2.24) is 4.98 Å². The molecule has 1 rings (SSSR count). The largest absolute Gasteiger partial charge is 0.261 e. The molecule has 0 saturated heterocycles. The highest BCUT2D eigenvalue weighted by atomic mass is 35.5. The van der Waals surface area contributed by atoms with E-state index in [1.54, 1.807) is 0 Å². The summed E-state index contributed by atoms with van der Waals surface area (Å²) in [6, 6.07) is 5.95. The monoisotopic (exact) mass is 197 g/mol. The lowest BCUT2D eigenvalue weighted by atomic mass is 10.0. The zero-order valence-electron chi connectivity index (χ0n) is 8.20. The Morgan fingerprint density at radius 2 is 2.23 bits per heavy atom. The van der Waals surface area contributed by atoms with Crippen LogP contribution in [0, 0.1) is 5.92 Å². The number of hydrogen-bond donors (Lipinski definition) is 0. The van der Waals surface area contributed by atoms with Gasteiger partial charge in [0.15, 0.2) is 0 Å². The van der Waals surface area contributed by atoms with Crippen molar-refractivity contribution >= 4 is 11.6 Å². The first-order chi connectivity index (χ1) is 6.24. The second kappa shape index (κ2) is 5.23. The minimum absolute atomic E-state index is 0.208. The Balaban J connectivity index is 2.50. The number of halogens is 1. The Bertz CT molecular complexity index is 235. The molecule has 0 spiro atoms. The summed E-state index contributed by atoms with van der Waals surface area (Å²) in [6.07, 6.45) is 3.81. The summed E-state index contributed by atoms with van der Waals surface area (Å²) in [7, 11) is 0. The van der Waals surface area contributed by atoms with Crippen molar-refractivity contribution in [3.8, 4) is 0 Å². The summed E-state index contributed by atoms with van der Waals surface area (Å²) in [4.78, 5) is 4.25. The number of pyridine rings is 1. The Kier molecular flexibility index (Phi) is 4.23. The van der Waals surface area contributed by atoms with Gasteiger partial charge in [-0.15, -0.1) is 11.6 Å². The Labute approximate surface area is 85.1 Å². The highest BCUT2D eigenvalue weighted by Gasteiger charge is 2.13. The van der Waals surface area contributed by atoms with Crippen LogP contribution >= 0.6 is 11.6 Å². The van der Waals surface area contributed by atoms with E-state index in [4.69, 9.17) is 11.6 Å². The topological polar surface area (TPSA) is 12.9 Å². The lowest BCUT2D eigenvalue weighted by molar-refractivity contribution is 0.521. The molecule has 0 aliphatic heterocycles. The summed E-state index contributed by atoms with van der Waals surface area (Å²) in [5, 5.41) is 0.208.